The van der Waals surface area contributed by atoms with E-state index in [1.54, 1.807) is 18.7 Å². The highest BCUT2D eigenvalue weighted by atomic mass is 19.1. The van der Waals surface area contributed by atoms with Gasteiger partial charge in [0.2, 0.25) is 5.95 Å². The number of hydrogen-bond acceptors (Lipinski definition) is 6. The summed E-state index contributed by atoms with van der Waals surface area (Å²) in [6.07, 6.45) is 4.31. The van der Waals surface area contributed by atoms with Gasteiger partial charge in [-0.05, 0) is 59.6 Å². The van der Waals surface area contributed by atoms with Crippen LogP contribution in [0.4, 0.5) is 15.1 Å². The maximum atomic E-state index is 15.0. The van der Waals surface area contributed by atoms with Crippen molar-refractivity contribution < 1.29 is 13.9 Å². The average Bonchev–Trinajstić information content (AvgIpc) is 3.21. The molecule has 0 spiro atoms. The normalized spacial score (nSPS) is 21.0. The van der Waals surface area contributed by atoms with E-state index in [-0.39, 0.29) is 18.2 Å². The van der Waals surface area contributed by atoms with Crippen LogP contribution in [-0.4, -0.2) is 80.9 Å². The highest BCUT2D eigenvalue weighted by molar-refractivity contribution is 5.85. The molecule has 2 atom stereocenters. The lowest BCUT2D eigenvalue weighted by molar-refractivity contribution is 0.0240. The Morgan fingerprint density at radius 2 is 1.74 bits per heavy atom. The van der Waals surface area contributed by atoms with Crippen molar-refractivity contribution in [3.8, 4) is 0 Å². The van der Waals surface area contributed by atoms with E-state index in [0.29, 0.717) is 38.7 Å². The first kappa shape index (κ1) is 26.4. The molecule has 1 aromatic carbocycles. The molecule has 4 heterocycles. The van der Waals surface area contributed by atoms with Gasteiger partial charge in [-0.1, -0.05) is 18.2 Å². The molecule has 1 amide bonds. The summed E-state index contributed by atoms with van der Waals surface area (Å²) < 4.78 is 20.5. The van der Waals surface area contributed by atoms with Crippen LogP contribution in [0.1, 0.15) is 64.4 Å². The lowest BCUT2D eigenvalue weighted by Crippen LogP contribution is -2.50. The second kappa shape index (κ2) is 9.84. The van der Waals surface area contributed by atoms with E-state index in [1.807, 2.05) is 39.2 Å². The number of amides is 1. The van der Waals surface area contributed by atoms with E-state index in [0.717, 1.165) is 23.2 Å². The molecule has 38 heavy (non-hydrogen) atoms. The fraction of sp³-hybridized carbons (Fsp3) is 0.552. The summed E-state index contributed by atoms with van der Waals surface area (Å²) in [6, 6.07) is 8.32. The van der Waals surface area contributed by atoms with Gasteiger partial charge < -0.3 is 19.5 Å². The van der Waals surface area contributed by atoms with Gasteiger partial charge in [0.25, 0.3) is 0 Å². The second-order valence-corrected chi connectivity index (χ2v) is 12.2. The van der Waals surface area contributed by atoms with Crippen LogP contribution in [-0.2, 0) is 11.2 Å². The molecule has 9 heteroatoms. The third-order valence-corrected chi connectivity index (χ3v) is 7.26. The number of halogens is 1. The summed E-state index contributed by atoms with van der Waals surface area (Å²) in [5.41, 5.74) is 2.55. The largest absolute Gasteiger partial charge is 0.444 e. The van der Waals surface area contributed by atoms with Gasteiger partial charge >= 0.3 is 6.09 Å². The van der Waals surface area contributed by atoms with Gasteiger partial charge in [0.05, 0.1) is 6.04 Å². The number of anilines is 1. The molecule has 0 saturated carbocycles. The molecule has 1 saturated heterocycles. The van der Waals surface area contributed by atoms with Crippen LogP contribution in [0.2, 0.25) is 0 Å². The van der Waals surface area contributed by atoms with E-state index in [1.165, 1.54) is 10.9 Å². The van der Waals surface area contributed by atoms with Crippen LogP contribution >= 0.6 is 0 Å². The monoisotopic (exact) mass is 522 g/mol. The zero-order valence-electron chi connectivity index (χ0n) is 23.3. The molecule has 204 valence electrons. The highest BCUT2D eigenvalue weighted by Gasteiger charge is 2.39. The minimum absolute atomic E-state index is 0.155. The topological polar surface area (TPSA) is 77.6 Å². The van der Waals surface area contributed by atoms with Crippen molar-refractivity contribution in [3.05, 3.63) is 53.5 Å². The van der Waals surface area contributed by atoms with Crippen molar-refractivity contribution in [2.24, 2.45) is 0 Å². The molecular formula is C29H39FN6O2. The summed E-state index contributed by atoms with van der Waals surface area (Å²) in [5.74, 6) is 0.635. The van der Waals surface area contributed by atoms with E-state index in [4.69, 9.17) is 14.7 Å². The summed E-state index contributed by atoms with van der Waals surface area (Å²) in [7, 11) is 0. The molecule has 2 aliphatic heterocycles. The number of aromatic nitrogens is 3. The Morgan fingerprint density at radius 3 is 2.37 bits per heavy atom. The Balaban J connectivity index is 1.39. The Hall–Kier alpha value is -3.20. The Labute approximate surface area is 224 Å². The number of alkyl halides is 1. The molecule has 1 fully saturated rings. The number of aromatic amines is 1. The van der Waals surface area contributed by atoms with Gasteiger partial charge in [0.15, 0.2) is 0 Å². The molecule has 3 aromatic rings. The molecular weight excluding hydrogens is 483 g/mol. The molecule has 2 aromatic heterocycles. The zero-order valence-corrected chi connectivity index (χ0v) is 23.3. The van der Waals surface area contributed by atoms with E-state index >= 15 is 0 Å². The molecule has 5 rings (SSSR count). The van der Waals surface area contributed by atoms with Gasteiger partial charge in [-0.3, -0.25) is 4.90 Å². The molecule has 1 N–H and O–H groups in total. The van der Waals surface area contributed by atoms with Crippen LogP contribution in [0.25, 0.3) is 10.9 Å². The SMILES string of the molecule is C[C@@H]1Cc2c([nH]c3ccccc23)[C@@H](c2cnc(N3CCN(C(=O)OC(C)(C)C)CC3)nc2)N1CC(C)(C)F. The van der Waals surface area contributed by atoms with E-state index in [2.05, 4.69) is 39.9 Å². The average molecular weight is 523 g/mol. The van der Waals surface area contributed by atoms with Gasteiger partial charge in [-0.15, -0.1) is 0 Å². The molecule has 0 aliphatic carbocycles. The Morgan fingerprint density at radius 1 is 1.08 bits per heavy atom. The maximum absolute atomic E-state index is 15.0. The van der Waals surface area contributed by atoms with Crippen molar-refractivity contribution in [2.45, 2.75) is 71.3 Å². The van der Waals surface area contributed by atoms with Crippen molar-refractivity contribution in [3.63, 3.8) is 0 Å². The van der Waals surface area contributed by atoms with Crippen molar-refractivity contribution in [1.29, 1.82) is 0 Å². The van der Waals surface area contributed by atoms with Crippen LogP contribution < -0.4 is 4.90 Å². The van der Waals surface area contributed by atoms with Gasteiger partial charge in [-0.25, -0.2) is 19.2 Å². The molecule has 2 aliphatic rings. The Kier molecular flexibility index (Phi) is 6.84. The third-order valence-electron chi connectivity index (χ3n) is 7.26. The summed E-state index contributed by atoms with van der Waals surface area (Å²) in [5, 5.41) is 1.22. The highest BCUT2D eigenvalue weighted by Crippen LogP contribution is 2.41. The van der Waals surface area contributed by atoms with Crippen molar-refractivity contribution in [2.75, 3.05) is 37.6 Å². The van der Waals surface area contributed by atoms with Crippen molar-refractivity contribution >= 4 is 22.9 Å². The standard InChI is InChI=1S/C29H39FN6O2/c1-19-15-22-21-9-7-8-10-23(21)33-24(22)25(36(19)18-29(5,6)30)20-16-31-26(32-17-20)34-11-13-35(14-12-34)27(37)38-28(2,3)4/h7-10,16-17,19,25,33H,11-15,18H2,1-6H3/t19-,25-/m1/s1. The van der Waals surface area contributed by atoms with Gasteiger partial charge in [-0.2, -0.15) is 0 Å². The molecule has 8 nitrogen and oxygen atoms in total. The smallest absolute Gasteiger partial charge is 0.410 e. The predicted octanol–water partition coefficient (Wildman–Crippen LogP) is 5.10. The number of nitrogens with zero attached hydrogens (tertiary/aromatic N) is 5. The summed E-state index contributed by atoms with van der Waals surface area (Å²) in [6.45, 7) is 13.7. The first-order chi connectivity index (χ1) is 17.9. The van der Waals surface area contributed by atoms with Gasteiger partial charge in [0.1, 0.15) is 11.3 Å². The van der Waals surface area contributed by atoms with Crippen molar-refractivity contribution in [1.82, 2.24) is 24.8 Å². The summed E-state index contributed by atoms with van der Waals surface area (Å²) >= 11 is 0. The third kappa shape index (κ3) is 5.48. The number of rotatable bonds is 4. The van der Waals surface area contributed by atoms with Crippen LogP contribution in [0.5, 0.6) is 0 Å². The predicted molar refractivity (Wildman–Crippen MR) is 147 cm³/mol. The van der Waals surface area contributed by atoms with Crippen LogP contribution in [0.15, 0.2) is 36.7 Å². The molecule has 0 bridgehead atoms. The number of fused-ring (bicyclic) bond motifs is 3. The van der Waals surface area contributed by atoms with Crippen LogP contribution in [0.3, 0.4) is 0 Å². The second-order valence-electron chi connectivity index (χ2n) is 12.2. The number of nitrogens with one attached hydrogen (secondary N) is 1. The quantitative estimate of drug-likeness (QED) is 0.514. The summed E-state index contributed by atoms with van der Waals surface area (Å²) in [4.78, 5) is 31.6. The minimum Gasteiger partial charge on any atom is -0.444 e. The van der Waals surface area contributed by atoms with E-state index in [9.17, 15) is 9.18 Å². The molecule has 0 radical (unpaired) electrons. The van der Waals surface area contributed by atoms with Gasteiger partial charge in [0, 0.05) is 73.3 Å². The molecule has 0 unspecified atom stereocenters. The minimum atomic E-state index is -1.34. The fourth-order valence-electron chi connectivity index (χ4n) is 5.60. The first-order valence-electron chi connectivity index (χ1n) is 13.5. The maximum Gasteiger partial charge on any atom is 0.410 e. The lowest BCUT2D eigenvalue weighted by Gasteiger charge is -2.42. The number of hydrogen-bond donors (Lipinski definition) is 1. The first-order valence-corrected chi connectivity index (χ1v) is 13.5. The number of carbonyl (C=O) groups excluding carboxylic acids is 1. The van der Waals surface area contributed by atoms with Crippen LogP contribution in [0, 0.1) is 0 Å². The van der Waals surface area contributed by atoms with E-state index < -0.39 is 11.3 Å². The number of benzene rings is 1. The Bertz CT molecular complexity index is 1290. The number of carbonyl (C=O) groups is 1. The number of piperazine rings is 1. The fourth-order valence-corrected chi connectivity index (χ4v) is 5.60. The number of ether oxygens (including phenoxy) is 1. The number of H-pyrrole nitrogens is 1. The number of para-hydroxylation sites is 1. The lowest BCUT2D eigenvalue weighted by atomic mass is 9.88. The zero-order chi connectivity index (χ0) is 27.2.